The van der Waals surface area contributed by atoms with Crippen LogP contribution in [0.3, 0.4) is 0 Å². The molecule has 0 saturated carbocycles. The first kappa shape index (κ1) is 21.1. The molecule has 1 aliphatic heterocycles. The van der Waals surface area contributed by atoms with E-state index in [0.717, 1.165) is 5.56 Å². The maximum Gasteiger partial charge on any atom is 0.246 e. The third-order valence-corrected chi connectivity index (χ3v) is 4.64. The van der Waals surface area contributed by atoms with Crippen molar-refractivity contribution in [3.63, 3.8) is 0 Å². The van der Waals surface area contributed by atoms with E-state index in [2.05, 4.69) is 0 Å². The molecule has 0 aromatic heterocycles. The molecular formula is C20H27ClN2O4. The van der Waals surface area contributed by atoms with Crippen molar-refractivity contribution in [2.24, 2.45) is 5.92 Å². The van der Waals surface area contributed by atoms with E-state index < -0.39 is 0 Å². The van der Waals surface area contributed by atoms with Crippen LogP contribution in [0, 0.1) is 5.92 Å². The van der Waals surface area contributed by atoms with Crippen molar-refractivity contribution in [1.82, 2.24) is 9.80 Å². The Hall–Kier alpha value is -2.21. The number of hydrogen-bond acceptors (Lipinski definition) is 4. The van der Waals surface area contributed by atoms with Crippen LogP contribution in [0.1, 0.15) is 26.3 Å². The third kappa shape index (κ3) is 5.39. The summed E-state index contributed by atoms with van der Waals surface area (Å²) in [5.41, 5.74) is 0.752. The van der Waals surface area contributed by atoms with E-state index in [9.17, 15) is 9.59 Å². The van der Waals surface area contributed by atoms with Crippen molar-refractivity contribution in [2.45, 2.75) is 20.8 Å². The van der Waals surface area contributed by atoms with Crippen molar-refractivity contribution in [2.75, 3.05) is 39.9 Å². The van der Waals surface area contributed by atoms with Gasteiger partial charge in [-0.1, -0.05) is 25.4 Å². The lowest BCUT2D eigenvalue weighted by Crippen LogP contribution is -2.51. The van der Waals surface area contributed by atoms with Crippen molar-refractivity contribution in [3.8, 4) is 11.5 Å². The Labute approximate surface area is 165 Å². The number of hydrogen-bond donors (Lipinski definition) is 0. The molecule has 2 rings (SSSR count). The van der Waals surface area contributed by atoms with Gasteiger partial charge < -0.3 is 19.3 Å². The summed E-state index contributed by atoms with van der Waals surface area (Å²) >= 11 is 6.26. The summed E-state index contributed by atoms with van der Waals surface area (Å²) in [7, 11) is 1.55. The van der Waals surface area contributed by atoms with Gasteiger partial charge >= 0.3 is 0 Å². The highest BCUT2D eigenvalue weighted by Gasteiger charge is 2.24. The molecule has 27 heavy (non-hydrogen) atoms. The van der Waals surface area contributed by atoms with Crippen molar-refractivity contribution in [1.29, 1.82) is 0 Å². The minimum atomic E-state index is -0.0874. The minimum absolute atomic E-state index is 0.0217. The lowest BCUT2D eigenvalue weighted by atomic mass is 10.1. The summed E-state index contributed by atoms with van der Waals surface area (Å²) in [5.74, 6) is 1.05. The molecule has 1 aliphatic rings. The zero-order valence-electron chi connectivity index (χ0n) is 16.3. The van der Waals surface area contributed by atoms with Crippen LogP contribution in [-0.2, 0) is 9.59 Å². The number of halogens is 1. The highest BCUT2D eigenvalue weighted by molar-refractivity contribution is 6.32. The first-order valence-corrected chi connectivity index (χ1v) is 9.51. The molecule has 0 atom stereocenters. The molecule has 0 radical (unpaired) electrons. The Morgan fingerprint density at radius 2 is 1.81 bits per heavy atom. The molecule has 0 bridgehead atoms. The molecule has 6 nitrogen and oxygen atoms in total. The van der Waals surface area contributed by atoms with Gasteiger partial charge in [-0.05, 0) is 30.7 Å². The summed E-state index contributed by atoms with van der Waals surface area (Å²) < 4.78 is 10.8. The standard InChI is InChI=1S/C20H27ClN2O4/c1-5-27-19-16(21)12-15(13-17(19)26-4)6-7-18(24)22-8-10-23(11-9-22)20(25)14(2)3/h6-7,12-14H,5,8-11H2,1-4H3/b7-6+. The normalized spacial score (nSPS) is 14.7. The monoisotopic (exact) mass is 394 g/mol. The molecule has 0 N–H and O–H groups in total. The SMILES string of the molecule is CCOc1c(Cl)cc(/C=C/C(=O)N2CCN(C(=O)C(C)C)CC2)cc1OC. The zero-order chi connectivity index (χ0) is 20.0. The maximum absolute atomic E-state index is 12.4. The second-order valence-corrected chi connectivity index (χ2v) is 7.01. The number of carbonyl (C=O) groups excluding carboxylic acids is 2. The quantitative estimate of drug-likeness (QED) is 0.696. The van der Waals surface area contributed by atoms with Crippen LogP contribution in [-0.4, -0.2) is 61.5 Å². The van der Waals surface area contributed by atoms with Crippen LogP contribution in [0.25, 0.3) is 6.08 Å². The number of ether oxygens (including phenoxy) is 2. The third-order valence-electron chi connectivity index (χ3n) is 4.36. The van der Waals surface area contributed by atoms with Gasteiger partial charge in [0, 0.05) is 38.2 Å². The fraction of sp³-hybridized carbons (Fsp3) is 0.500. The van der Waals surface area contributed by atoms with E-state index in [-0.39, 0.29) is 17.7 Å². The summed E-state index contributed by atoms with van der Waals surface area (Å²) in [5, 5.41) is 0.434. The zero-order valence-corrected chi connectivity index (χ0v) is 17.1. The van der Waals surface area contributed by atoms with E-state index >= 15 is 0 Å². The first-order valence-electron chi connectivity index (χ1n) is 9.13. The number of benzene rings is 1. The molecule has 1 aromatic carbocycles. The van der Waals surface area contributed by atoms with Crippen molar-refractivity contribution in [3.05, 3.63) is 28.8 Å². The van der Waals surface area contributed by atoms with Gasteiger partial charge in [0.15, 0.2) is 11.5 Å². The number of piperazine rings is 1. The Kier molecular flexibility index (Phi) is 7.54. The molecule has 0 aliphatic carbocycles. The number of carbonyl (C=O) groups is 2. The molecule has 1 fully saturated rings. The number of amides is 2. The van der Waals surface area contributed by atoms with Crippen molar-refractivity contribution < 1.29 is 19.1 Å². The van der Waals surface area contributed by atoms with Crippen LogP contribution in [0.15, 0.2) is 18.2 Å². The topological polar surface area (TPSA) is 59.1 Å². The molecule has 1 saturated heterocycles. The van der Waals surface area contributed by atoms with Crippen LogP contribution in [0.5, 0.6) is 11.5 Å². The largest absolute Gasteiger partial charge is 0.493 e. The average Bonchev–Trinajstić information content (AvgIpc) is 2.67. The van der Waals surface area contributed by atoms with Crippen LogP contribution >= 0.6 is 11.6 Å². The molecule has 1 aromatic rings. The first-order chi connectivity index (χ1) is 12.9. The van der Waals surface area contributed by atoms with Gasteiger partial charge in [0.05, 0.1) is 18.7 Å². The Balaban J connectivity index is 2.01. The van der Waals surface area contributed by atoms with Gasteiger partial charge in [0.25, 0.3) is 0 Å². The fourth-order valence-electron chi connectivity index (χ4n) is 2.91. The molecule has 1 heterocycles. The highest BCUT2D eigenvalue weighted by atomic mass is 35.5. The minimum Gasteiger partial charge on any atom is -0.493 e. The molecule has 148 valence electrons. The molecule has 0 spiro atoms. The second kappa shape index (κ2) is 9.65. The molecule has 7 heteroatoms. The highest BCUT2D eigenvalue weighted by Crippen LogP contribution is 2.36. The van der Waals surface area contributed by atoms with Gasteiger partial charge in [-0.3, -0.25) is 9.59 Å². The van der Waals surface area contributed by atoms with E-state index in [4.69, 9.17) is 21.1 Å². The molecule has 2 amide bonds. The summed E-state index contributed by atoms with van der Waals surface area (Å²) in [6.45, 7) is 8.34. The lowest BCUT2D eigenvalue weighted by molar-refractivity contribution is -0.139. The Morgan fingerprint density at radius 1 is 1.19 bits per heavy atom. The van der Waals surface area contributed by atoms with Gasteiger partial charge in [-0.2, -0.15) is 0 Å². The average molecular weight is 395 g/mol. The fourth-order valence-corrected chi connectivity index (χ4v) is 3.18. The van der Waals surface area contributed by atoms with E-state index in [1.54, 1.807) is 30.2 Å². The van der Waals surface area contributed by atoms with Gasteiger partial charge in [-0.25, -0.2) is 0 Å². The van der Waals surface area contributed by atoms with E-state index in [1.807, 2.05) is 25.7 Å². The Morgan fingerprint density at radius 3 is 2.37 bits per heavy atom. The van der Waals surface area contributed by atoms with Crippen LogP contribution in [0.4, 0.5) is 0 Å². The van der Waals surface area contributed by atoms with Crippen molar-refractivity contribution >= 4 is 29.5 Å². The predicted octanol–water partition coefficient (Wildman–Crippen LogP) is 3.09. The Bertz CT molecular complexity index is 710. The number of rotatable bonds is 6. The summed E-state index contributed by atoms with van der Waals surface area (Å²) in [6.07, 6.45) is 3.23. The lowest BCUT2D eigenvalue weighted by Gasteiger charge is -2.35. The smallest absolute Gasteiger partial charge is 0.246 e. The molecule has 0 unspecified atom stereocenters. The van der Waals surface area contributed by atoms with Crippen LogP contribution < -0.4 is 9.47 Å². The second-order valence-electron chi connectivity index (χ2n) is 6.61. The van der Waals surface area contributed by atoms with Crippen LogP contribution in [0.2, 0.25) is 5.02 Å². The van der Waals surface area contributed by atoms with E-state index in [1.165, 1.54) is 6.08 Å². The summed E-state index contributed by atoms with van der Waals surface area (Å²) in [6, 6.07) is 3.51. The summed E-state index contributed by atoms with van der Waals surface area (Å²) in [4.78, 5) is 28.0. The van der Waals surface area contributed by atoms with Gasteiger partial charge in [0.1, 0.15) is 0 Å². The van der Waals surface area contributed by atoms with Gasteiger partial charge in [-0.15, -0.1) is 0 Å². The maximum atomic E-state index is 12.4. The van der Waals surface area contributed by atoms with E-state index in [0.29, 0.717) is 49.3 Å². The number of methoxy groups -OCH3 is 1. The number of nitrogens with zero attached hydrogens (tertiary/aromatic N) is 2. The predicted molar refractivity (Wildman–Crippen MR) is 106 cm³/mol. The van der Waals surface area contributed by atoms with Gasteiger partial charge in [0.2, 0.25) is 11.8 Å². The molecular weight excluding hydrogens is 368 g/mol.